The van der Waals surface area contributed by atoms with E-state index in [9.17, 15) is 9.59 Å². The minimum atomic E-state index is -0.486. The van der Waals surface area contributed by atoms with Gasteiger partial charge in [0.05, 0.1) is 6.42 Å². The number of amides is 2. The summed E-state index contributed by atoms with van der Waals surface area (Å²) in [6.07, 6.45) is 0.863. The lowest BCUT2D eigenvalue weighted by Gasteiger charge is -2.31. The Morgan fingerprint density at radius 3 is 2.21 bits per heavy atom. The number of carbonyl (C=O) groups excluding carboxylic acids is 2. The molecule has 0 aromatic heterocycles. The van der Waals surface area contributed by atoms with Crippen LogP contribution in [0.1, 0.15) is 49.4 Å². The minimum absolute atomic E-state index is 0.0298. The number of carbonyl (C=O) groups is 2. The normalized spacial score (nSPS) is 11.9. The zero-order valence-electron chi connectivity index (χ0n) is 17.7. The second kappa shape index (κ2) is 10.1. The number of nitrogens with one attached hydrogen (secondary N) is 1. The van der Waals surface area contributed by atoms with Crippen LogP contribution < -0.4 is 5.32 Å². The fraction of sp³-hybridized carbons (Fsp3) is 0.417. The van der Waals surface area contributed by atoms with Crippen LogP contribution in [0, 0.1) is 13.8 Å². The lowest BCUT2D eigenvalue weighted by molar-refractivity contribution is -0.141. The molecule has 4 heteroatoms. The van der Waals surface area contributed by atoms with Gasteiger partial charge >= 0.3 is 0 Å². The molecule has 0 saturated heterocycles. The molecule has 0 aliphatic heterocycles. The Bertz CT molecular complexity index is 797. The van der Waals surface area contributed by atoms with Gasteiger partial charge in [-0.3, -0.25) is 9.59 Å². The van der Waals surface area contributed by atoms with Gasteiger partial charge in [0.1, 0.15) is 6.04 Å². The molecule has 0 unspecified atom stereocenters. The van der Waals surface area contributed by atoms with Crippen LogP contribution in [0.15, 0.2) is 48.5 Å². The molecule has 0 aliphatic rings. The molecule has 28 heavy (non-hydrogen) atoms. The van der Waals surface area contributed by atoms with Gasteiger partial charge < -0.3 is 10.2 Å². The minimum Gasteiger partial charge on any atom is -0.352 e. The summed E-state index contributed by atoms with van der Waals surface area (Å²) in [5.74, 6) is -0.124. The molecule has 0 fully saturated rings. The SMILES string of the molecule is CC[C@@H](C(=O)NC(C)C)N(Cc1ccccc1C)C(=O)Cc1ccc(C)cc1. The van der Waals surface area contributed by atoms with Gasteiger partial charge in [-0.2, -0.15) is 0 Å². The molecule has 150 valence electrons. The molecule has 2 amide bonds. The number of rotatable bonds is 8. The zero-order chi connectivity index (χ0) is 20.7. The third-order valence-corrected chi connectivity index (χ3v) is 4.89. The summed E-state index contributed by atoms with van der Waals surface area (Å²) in [6, 6.07) is 15.5. The van der Waals surface area contributed by atoms with Crippen LogP contribution in [0.25, 0.3) is 0 Å². The highest BCUT2D eigenvalue weighted by molar-refractivity contribution is 5.88. The maximum Gasteiger partial charge on any atom is 0.243 e. The Morgan fingerprint density at radius 2 is 1.64 bits per heavy atom. The van der Waals surface area contributed by atoms with Crippen LogP contribution in [-0.4, -0.2) is 28.8 Å². The smallest absolute Gasteiger partial charge is 0.243 e. The Labute approximate surface area is 169 Å². The van der Waals surface area contributed by atoms with Crippen molar-refractivity contribution >= 4 is 11.8 Å². The van der Waals surface area contributed by atoms with Crippen molar-refractivity contribution in [2.75, 3.05) is 0 Å². The zero-order valence-corrected chi connectivity index (χ0v) is 17.7. The van der Waals surface area contributed by atoms with E-state index < -0.39 is 6.04 Å². The van der Waals surface area contributed by atoms with Crippen LogP contribution in [-0.2, 0) is 22.6 Å². The molecule has 2 rings (SSSR count). The van der Waals surface area contributed by atoms with Crippen molar-refractivity contribution < 1.29 is 9.59 Å². The van der Waals surface area contributed by atoms with Crippen LogP contribution in [0.3, 0.4) is 0 Å². The van der Waals surface area contributed by atoms with Crippen molar-refractivity contribution in [1.29, 1.82) is 0 Å². The summed E-state index contributed by atoms with van der Waals surface area (Å²) in [7, 11) is 0. The highest BCUT2D eigenvalue weighted by Crippen LogP contribution is 2.17. The Balaban J connectivity index is 2.30. The van der Waals surface area contributed by atoms with Crippen LogP contribution in [0.5, 0.6) is 0 Å². The maximum atomic E-state index is 13.2. The van der Waals surface area contributed by atoms with Crippen LogP contribution >= 0.6 is 0 Å². The van der Waals surface area contributed by atoms with E-state index in [1.165, 1.54) is 0 Å². The summed E-state index contributed by atoms with van der Waals surface area (Å²) in [5, 5.41) is 2.97. The molecule has 0 bridgehead atoms. The number of hydrogen-bond acceptors (Lipinski definition) is 2. The molecular weight excluding hydrogens is 348 g/mol. The van der Waals surface area contributed by atoms with E-state index in [4.69, 9.17) is 0 Å². The standard InChI is InChI=1S/C24H32N2O2/c1-6-22(24(28)25-17(2)3)26(16-21-10-8-7-9-19(21)5)23(27)15-20-13-11-18(4)12-14-20/h7-14,17,22H,6,15-16H2,1-5H3,(H,25,28)/t22-/m0/s1. The largest absolute Gasteiger partial charge is 0.352 e. The van der Waals surface area contributed by atoms with Gasteiger partial charge in [-0.25, -0.2) is 0 Å². The van der Waals surface area contributed by atoms with E-state index in [0.717, 1.165) is 22.3 Å². The van der Waals surface area contributed by atoms with Gasteiger partial charge in [0.25, 0.3) is 0 Å². The molecule has 4 nitrogen and oxygen atoms in total. The predicted molar refractivity (Wildman–Crippen MR) is 114 cm³/mol. The molecule has 1 N–H and O–H groups in total. The van der Waals surface area contributed by atoms with Crippen molar-refractivity contribution in [2.45, 2.75) is 66.1 Å². The lowest BCUT2D eigenvalue weighted by Crippen LogP contribution is -2.50. The first-order valence-electron chi connectivity index (χ1n) is 10.0. The van der Waals surface area contributed by atoms with Crippen molar-refractivity contribution in [1.82, 2.24) is 10.2 Å². The summed E-state index contributed by atoms with van der Waals surface area (Å²) in [6.45, 7) is 10.3. The van der Waals surface area contributed by atoms with Crippen molar-refractivity contribution in [3.8, 4) is 0 Å². The third-order valence-electron chi connectivity index (χ3n) is 4.89. The van der Waals surface area contributed by atoms with Gasteiger partial charge in [0.15, 0.2) is 0 Å². The third kappa shape index (κ3) is 5.95. The molecule has 0 saturated carbocycles. The summed E-state index contributed by atoms with van der Waals surface area (Å²) < 4.78 is 0. The van der Waals surface area contributed by atoms with Crippen LogP contribution in [0.4, 0.5) is 0 Å². The molecule has 0 radical (unpaired) electrons. The summed E-state index contributed by atoms with van der Waals surface area (Å²) in [5.41, 5.74) is 4.31. The quantitative estimate of drug-likeness (QED) is 0.747. The van der Waals surface area contributed by atoms with Gasteiger partial charge in [-0.1, -0.05) is 61.0 Å². The number of benzene rings is 2. The maximum absolute atomic E-state index is 13.2. The highest BCUT2D eigenvalue weighted by Gasteiger charge is 2.29. The van der Waals surface area contributed by atoms with E-state index >= 15 is 0 Å². The second-order valence-electron chi connectivity index (χ2n) is 7.70. The first-order chi connectivity index (χ1) is 13.3. The topological polar surface area (TPSA) is 49.4 Å². The van der Waals surface area contributed by atoms with Gasteiger partial charge in [-0.05, 0) is 50.8 Å². The number of aryl methyl sites for hydroxylation is 2. The Kier molecular flexibility index (Phi) is 7.80. The summed E-state index contributed by atoms with van der Waals surface area (Å²) in [4.78, 5) is 27.8. The fourth-order valence-electron chi connectivity index (χ4n) is 3.25. The highest BCUT2D eigenvalue weighted by atomic mass is 16.2. The predicted octanol–water partition coefficient (Wildman–Crippen LogP) is 4.18. The van der Waals surface area contributed by atoms with Crippen LogP contribution in [0.2, 0.25) is 0 Å². The summed E-state index contributed by atoms with van der Waals surface area (Å²) >= 11 is 0. The molecule has 1 atom stereocenters. The number of hydrogen-bond donors (Lipinski definition) is 1. The van der Waals surface area contributed by atoms with E-state index in [2.05, 4.69) is 5.32 Å². The van der Waals surface area contributed by atoms with Crippen molar-refractivity contribution in [3.63, 3.8) is 0 Å². The lowest BCUT2D eigenvalue weighted by atomic mass is 10.0. The van der Waals surface area contributed by atoms with Gasteiger partial charge in [0.2, 0.25) is 11.8 Å². The number of nitrogens with zero attached hydrogens (tertiary/aromatic N) is 1. The first kappa shape index (κ1) is 21.7. The molecule has 0 spiro atoms. The molecule has 0 heterocycles. The molecule has 2 aromatic rings. The van der Waals surface area contributed by atoms with Crippen molar-refractivity contribution in [3.05, 3.63) is 70.8 Å². The Morgan fingerprint density at radius 1 is 1.00 bits per heavy atom. The average molecular weight is 381 g/mol. The first-order valence-corrected chi connectivity index (χ1v) is 10.0. The van der Waals surface area contributed by atoms with E-state index in [-0.39, 0.29) is 24.3 Å². The second-order valence-corrected chi connectivity index (χ2v) is 7.70. The fourth-order valence-corrected chi connectivity index (χ4v) is 3.25. The van der Waals surface area contributed by atoms with E-state index in [1.807, 2.05) is 83.1 Å². The van der Waals surface area contributed by atoms with E-state index in [0.29, 0.717) is 13.0 Å². The van der Waals surface area contributed by atoms with Gasteiger partial charge in [0, 0.05) is 12.6 Å². The van der Waals surface area contributed by atoms with E-state index in [1.54, 1.807) is 4.90 Å². The van der Waals surface area contributed by atoms with Crippen molar-refractivity contribution in [2.24, 2.45) is 0 Å². The molecule has 2 aromatic carbocycles. The molecular formula is C24H32N2O2. The molecule has 0 aliphatic carbocycles. The van der Waals surface area contributed by atoms with Gasteiger partial charge in [-0.15, -0.1) is 0 Å². The Hall–Kier alpha value is -2.62. The average Bonchev–Trinajstić information content (AvgIpc) is 2.64. The monoisotopic (exact) mass is 380 g/mol.